The lowest BCUT2D eigenvalue weighted by molar-refractivity contribution is -0.126. The van der Waals surface area contributed by atoms with E-state index in [1.807, 2.05) is 32.0 Å². The van der Waals surface area contributed by atoms with Crippen LogP contribution in [0, 0.1) is 5.82 Å². The first kappa shape index (κ1) is 32.8. The number of fused-ring (bicyclic) bond motifs is 1. The Morgan fingerprint density at radius 3 is 2.49 bits per heavy atom. The standard InChI is InChI=1S/C33H45FN6O5/c1-22-16-38(27(18-39(22)32(43)44)17-37-12-13-45-20-23(37)2)19-30(41)40-21-33(3,31(42)36-11-10-35)28-9-6-25(15-29(28)40)14-24-4-7-26(34)8-5-24/h4-9,15,22-23,27H,10-14,16-21,35H2,1-3H3,(H,36,42)(H,43,44)/t22?,23-,27?,33?/m1/s1. The van der Waals surface area contributed by atoms with E-state index in [9.17, 15) is 23.9 Å². The second-order valence-electron chi connectivity index (χ2n) is 12.8. The van der Waals surface area contributed by atoms with E-state index in [4.69, 9.17) is 10.5 Å². The quantitative estimate of drug-likeness (QED) is 0.386. The number of amides is 3. The van der Waals surface area contributed by atoms with Crippen molar-refractivity contribution in [1.29, 1.82) is 0 Å². The number of halogens is 1. The minimum atomic E-state index is -0.980. The summed E-state index contributed by atoms with van der Waals surface area (Å²) >= 11 is 0. The Morgan fingerprint density at radius 2 is 1.80 bits per heavy atom. The van der Waals surface area contributed by atoms with Gasteiger partial charge >= 0.3 is 6.09 Å². The Balaban J connectivity index is 1.42. The van der Waals surface area contributed by atoms with Crippen LogP contribution in [0.3, 0.4) is 0 Å². The first-order chi connectivity index (χ1) is 21.5. The monoisotopic (exact) mass is 624 g/mol. The number of piperazine rings is 1. The normalized spacial score (nSPS) is 25.7. The molecule has 0 bridgehead atoms. The van der Waals surface area contributed by atoms with Gasteiger partial charge in [-0.3, -0.25) is 19.4 Å². The Hall–Kier alpha value is -3.58. The SMILES string of the molecule is CC1CN(CC(=O)N2CC(C)(C(=O)NCCN)c3ccc(Cc4ccc(F)cc4)cc32)C(CN2CCOC[C@H]2C)CN1C(=O)O. The highest BCUT2D eigenvalue weighted by Gasteiger charge is 2.47. The molecule has 2 aromatic carbocycles. The van der Waals surface area contributed by atoms with Crippen molar-refractivity contribution in [3.8, 4) is 0 Å². The fraction of sp³-hybridized carbons (Fsp3) is 0.545. The average Bonchev–Trinajstić information content (AvgIpc) is 3.32. The molecule has 11 nitrogen and oxygen atoms in total. The van der Waals surface area contributed by atoms with Crippen molar-refractivity contribution < 1.29 is 28.6 Å². The molecule has 0 spiro atoms. The molecular weight excluding hydrogens is 579 g/mol. The zero-order valence-electron chi connectivity index (χ0n) is 26.4. The van der Waals surface area contributed by atoms with Crippen molar-refractivity contribution in [2.75, 3.05) is 70.5 Å². The number of hydrogen-bond acceptors (Lipinski definition) is 7. The maximum absolute atomic E-state index is 14.3. The highest BCUT2D eigenvalue weighted by atomic mass is 19.1. The number of carbonyl (C=O) groups is 3. The van der Waals surface area contributed by atoms with Crippen LogP contribution in [0.15, 0.2) is 42.5 Å². The topological polar surface area (TPSA) is 132 Å². The van der Waals surface area contributed by atoms with Gasteiger partial charge in [0.1, 0.15) is 5.82 Å². The summed E-state index contributed by atoms with van der Waals surface area (Å²) in [5.74, 6) is -0.649. The third-order valence-electron chi connectivity index (χ3n) is 9.46. The van der Waals surface area contributed by atoms with Crippen LogP contribution in [0.2, 0.25) is 0 Å². The summed E-state index contributed by atoms with van der Waals surface area (Å²) in [6.07, 6.45) is -0.421. The van der Waals surface area contributed by atoms with Gasteiger partial charge in [0.2, 0.25) is 11.8 Å². The number of anilines is 1. The Bertz CT molecular complexity index is 1390. The molecule has 3 amide bonds. The smallest absolute Gasteiger partial charge is 0.407 e. The van der Waals surface area contributed by atoms with E-state index >= 15 is 0 Å². The molecule has 3 aliphatic rings. The molecule has 4 atom stereocenters. The second kappa shape index (κ2) is 13.8. The molecule has 45 heavy (non-hydrogen) atoms. The van der Waals surface area contributed by atoms with E-state index in [2.05, 4.69) is 22.0 Å². The summed E-state index contributed by atoms with van der Waals surface area (Å²) in [5, 5.41) is 12.8. The first-order valence-corrected chi connectivity index (χ1v) is 15.7. The number of nitrogens with zero attached hydrogens (tertiary/aromatic N) is 4. The molecule has 3 heterocycles. The molecule has 5 rings (SSSR count). The molecule has 0 radical (unpaired) electrons. The second-order valence-corrected chi connectivity index (χ2v) is 12.8. The van der Waals surface area contributed by atoms with Gasteiger partial charge in [-0.1, -0.05) is 24.3 Å². The first-order valence-electron chi connectivity index (χ1n) is 15.7. The molecule has 12 heteroatoms. The summed E-state index contributed by atoms with van der Waals surface area (Å²) in [7, 11) is 0. The van der Waals surface area contributed by atoms with Crippen LogP contribution < -0.4 is 16.0 Å². The molecule has 2 aromatic rings. The van der Waals surface area contributed by atoms with Crippen LogP contribution in [0.5, 0.6) is 0 Å². The van der Waals surface area contributed by atoms with Gasteiger partial charge in [0.05, 0.1) is 25.2 Å². The maximum Gasteiger partial charge on any atom is 0.407 e. The number of benzene rings is 2. The zero-order valence-corrected chi connectivity index (χ0v) is 26.4. The van der Waals surface area contributed by atoms with Crippen molar-refractivity contribution in [1.82, 2.24) is 20.0 Å². The van der Waals surface area contributed by atoms with Crippen LogP contribution in [0.1, 0.15) is 37.5 Å². The molecule has 3 aliphatic heterocycles. The number of carbonyl (C=O) groups excluding carboxylic acids is 2. The largest absolute Gasteiger partial charge is 0.465 e. The number of nitrogens with two attached hydrogens (primary N) is 1. The van der Waals surface area contributed by atoms with Crippen molar-refractivity contribution in [3.05, 3.63) is 65.0 Å². The van der Waals surface area contributed by atoms with Gasteiger partial charge in [-0.2, -0.15) is 0 Å². The summed E-state index contributed by atoms with van der Waals surface area (Å²) in [6.45, 7) is 10.0. The summed E-state index contributed by atoms with van der Waals surface area (Å²) in [4.78, 5) is 47.4. The lowest BCUT2D eigenvalue weighted by Crippen LogP contribution is -2.64. The molecule has 244 valence electrons. The molecule has 4 N–H and O–H groups in total. The molecule has 0 saturated carbocycles. The third kappa shape index (κ3) is 7.14. The summed E-state index contributed by atoms with van der Waals surface area (Å²) in [6, 6.07) is 11.9. The number of hydrogen-bond donors (Lipinski definition) is 3. The van der Waals surface area contributed by atoms with Gasteiger partial charge in [-0.15, -0.1) is 0 Å². The minimum Gasteiger partial charge on any atom is -0.465 e. The fourth-order valence-electron chi connectivity index (χ4n) is 6.80. The highest BCUT2D eigenvalue weighted by Crippen LogP contribution is 2.42. The van der Waals surface area contributed by atoms with Gasteiger partial charge in [0, 0.05) is 69.6 Å². The van der Waals surface area contributed by atoms with Gasteiger partial charge < -0.3 is 30.7 Å². The van der Waals surface area contributed by atoms with Crippen LogP contribution in [-0.2, 0) is 26.2 Å². The van der Waals surface area contributed by atoms with Crippen molar-refractivity contribution in [3.63, 3.8) is 0 Å². The molecule has 2 fully saturated rings. The predicted octanol–water partition coefficient (Wildman–Crippen LogP) is 1.87. The molecule has 0 aromatic heterocycles. The van der Waals surface area contributed by atoms with Crippen molar-refractivity contribution >= 4 is 23.6 Å². The Morgan fingerprint density at radius 1 is 1.07 bits per heavy atom. The Labute approximate surface area is 264 Å². The van der Waals surface area contributed by atoms with Crippen LogP contribution in [-0.4, -0.2) is 121 Å². The van der Waals surface area contributed by atoms with Crippen LogP contribution >= 0.6 is 0 Å². The molecule has 0 aliphatic carbocycles. The predicted molar refractivity (Wildman–Crippen MR) is 169 cm³/mol. The van der Waals surface area contributed by atoms with E-state index < -0.39 is 11.5 Å². The lowest BCUT2D eigenvalue weighted by atomic mass is 9.83. The molecule has 3 unspecified atom stereocenters. The molecule has 2 saturated heterocycles. The van der Waals surface area contributed by atoms with E-state index in [0.717, 1.165) is 23.2 Å². The highest BCUT2D eigenvalue weighted by molar-refractivity contribution is 6.03. The van der Waals surface area contributed by atoms with E-state index in [-0.39, 0.29) is 48.8 Å². The number of morpholine rings is 1. The van der Waals surface area contributed by atoms with Gasteiger partial charge in [0.15, 0.2) is 0 Å². The van der Waals surface area contributed by atoms with E-state index in [1.54, 1.807) is 17.0 Å². The van der Waals surface area contributed by atoms with Gasteiger partial charge in [-0.25, -0.2) is 9.18 Å². The fourth-order valence-corrected chi connectivity index (χ4v) is 6.80. The average molecular weight is 625 g/mol. The van der Waals surface area contributed by atoms with E-state index in [0.29, 0.717) is 58.0 Å². The number of nitrogens with one attached hydrogen (secondary N) is 1. The summed E-state index contributed by atoms with van der Waals surface area (Å²) < 4.78 is 19.1. The van der Waals surface area contributed by atoms with Crippen LogP contribution in [0.4, 0.5) is 14.9 Å². The van der Waals surface area contributed by atoms with E-state index in [1.165, 1.54) is 17.0 Å². The zero-order chi connectivity index (χ0) is 32.3. The lowest BCUT2D eigenvalue weighted by Gasteiger charge is -2.47. The number of carboxylic acid groups (broad SMARTS) is 1. The summed E-state index contributed by atoms with van der Waals surface area (Å²) in [5.41, 5.74) is 8.00. The maximum atomic E-state index is 14.3. The number of ether oxygens (including phenoxy) is 1. The molecular formula is C33H45FN6O5. The Kier molecular flexibility index (Phi) is 10.1. The minimum absolute atomic E-state index is 0.0866. The number of rotatable bonds is 9. The third-order valence-corrected chi connectivity index (χ3v) is 9.46. The van der Waals surface area contributed by atoms with Crippen molar-refractivity contribution in [2.45, 2.75) is 50.7 Å². The van der Waals surface area contributed by atoms with Crippen molar-refractivity contribution in [2.24, 2.45) is 5.73 Å². The van der Waals surface area contributed by atoms with Gasteiger partial charge in [0.25, 0.3) is 0 Å². The van der Waals surface area contributed by atoms with Gasteiger partial charge in [-0.05, 0) is 62.1 Å². The van der Waals surface area contributed by atoms with Crippen LogP contribution in [0.25, 0.3) is 0 Å².